The number of thiophene rings is 1. The van der Waals surface area contributed by atoms with Crippen molar-refractivity contribution in [3.63, 3.8) is 0 Å². The molecule has 31 heavy (non-hydrogen) atoms. The molecule has 162 valence electrons. The van der Waals surface area contributed by atoms with E-state index in [1.54, 1.807) is 18.2 Å². The molecule has 0 radical (unpaired) electrons. The fourth-order valence-electron chi connectivity index (χ4n) is 3.50. The number of nitrogens with zero attached hydrogens (tertiary/aromatic N) is 3. The Kier molecular flexibility index (Phi) is 6.32. The quantitative estimate of drug-likeness (QED) is 0.516. The largest absolute Gasteiger partial charge is 0.302 e. The van der Waals surface area contributed by atoms with Crippen molar-refractivity contribution < 1.29 is 17.6 Å². The van der Waals surface area contributed by atoms with Crippen molar-refractivity contribution in [1.29, 1.82) is 0 Å². The van der Waals surface area contributed by atoms with Crippen LogP contribution in [0.1, 0.15) is 12.8 Å². The first-order chi connectivity index (χ1) is 14.8. The number of thiazole rings is 1. The summed E-state index contributed by atoms with van der Waals surface area (Å²) >= 11 is 8.07. The van der Waals surface area contributed by atoms with Crippen LogP contribution in [0.3, 0.4) is 0 Å². The Morgan fingerprint density at radius 1 is 1.26 bits per heavy atom. The Morgan fingerprint density at radius 3 is 2.65 bits per heavy atom. The highest BCUT2D eigenvalue weighted by Crippen LogP contribution is 2.31. The smallest absolute Gasteiger partial charge is 0.252 e. The maximum absolute atomic E-state index is 14.3. The third kappa shape index (κ3) is 4.33. The Balaban J connectivity index is 1.55. The molecule has 0 unspecified atom stereocenters. The van der Waals surface area contributed by atoms with E-state index in [0.717, 1.165) is 11.3 Å². The molecule has 1 aliphatic rings. The highest BCUT2D eigenvalue weighted by Gasteiger charge is 2.33. The summed E-state index contributed by atoms with van der Waals surface area (Å²) in [6.07, 6.45) is 6.14. The van der Waals surface area contributed by atoms with Gasteiger partial charge in [-0.25, -0.2) is 12.8 Å². The van der Waals surface area contributed by atoms with Crippen LogP contribution >= 0.6 is 34.3 Å². The molecule has 0 spiro atoms. The molecule has 3 aromatic rings. The fraction of sp³-hybridized carbons (Fsp3) is 0.300. The third-order valence-corrected chi connectivity index (χ3v) is 9.69. The minimum absolute atomic E-state index is 0.0904. The zero-order valence-electron chi connectivity index (χ0n) is 16.1. The van der Waals surface area contributed by atoms with E-state index in [1.807, 2.05) is 0 Å². The van der Waals surface area contributed by atoms with Crippen molar-refractivity contribution in [2.24, 2.45) is 10.9 Å². The lowest BCUT2D eigenvalue weighted by Gasteiger charge is -2.29. The Morgan fingerprint density at radius 2 is 2.00 bits per heavy atom. The van der Waals surface area contributed by atoms with E-state index in [2.05, 4.69) is 10.9 Å². The van der Waals surface area contributed by atoms with Crippen molar-refractivity contribution in [2.75, 3.05) is 13.1 Å². The monoisotopic (exact) mass is 497 g/mol. The van der Waals surface area contributed by atoms with Gasteiger partial charge in [-0.3, -0.25) is 4.79 Å². The van der Waals surface area contributed by atoms with Gasteiger partial charge in [0.05, 0.1) is 21.1 Å². The molecule has 11 heteroatoms. The molecular formula is C20H17ClFN3O3S3. The highest BCUT2D eigenvalue weighted by atomic mass is 35.5. The average molecular weight is 498 g/mol. The van der Waals surface area contributed by atoms with Gasteiger partial charge in [0, 0.05) is 19.0 Å². The molecule has 0 saturated carbocycles. The average Bonchev–Trinajstić information content (AvgIpc) is 3.33. The minimum Gasteiger partial charge on any atom is -0.302 e. The molecule has 0 atom stereocenters. The van der Waals surface area contributed by atoms with Crippen LogP contribution in [0.25, 0.3) is 10.2 Å². The lowest BCUT2D eigenvalue weighted by Crippen LogP contribution is -2.40. The second-order valence-corrected chi connectivity index (χ2v) is 11.8. The first kappa shape index (κ1) is 22.2. The molecule has 1 fully saturated rings. The number of benzene rings is 1. The molecular weight excluding hydrogens is 481 g/mol. The normalized spacial score (nSPS) is 16.6. The number of terminal acetylenes is 1. The second kappa shape index (κ2) is 8.84. The van der Waals surface area contributed by atoms with Crippen molar-refractivity contribution in [3.05, 3.63) is 45.3 Å². The molecule has 1 aliphatic heterocycles. The number of sulfonamides is 1. The molecule has 6 nitrogen and oxygen atoms in total. The number of piperidine rings is 1. The number of amides is 1. The van der Waals surface area contributed by atoms with Crippen LogP contribution in [0.15, 0.2) is 39.5 Å². The number of carbonyl (C=O) groups excluding carboxylic acids is 1. The number of carbonyl (C=O) groups is 1. The summed E-state index contributed by atoms with van der Waals surface area (Å²) in [7, 11) is -3.63. The number of fused-ring (bicyclic) bond motifs is 1. The lowest BCUT2D eigenvalue weighted by molar-refractivity contribution is -0.122. The molecule has 1 saturated heterocycles. The number of aromatic nitrogens is 1. The summed E-state index contributed by atoms with van der Waals surface area (Å²) in [6, 6.07) is 7.72. The topological polar surface area (TPSA) is 71.7 Å². The Hall–Kier alpha value is -2.03. The number of hydrogen-bond donors (Lipinski definition) is 0. The summed E-state index contributed by atoms with van der Waals surface area (Å²) in [4.78, 5) is 17.4. The zero-order valence-corrected chi connectivity index (χ0v) is 19.3. The van der Waals surface area contributed by atoms with Gasteiger partial charge in [0.15, 0.2) is 4.80 Å². The van der Waals surface area contributed by atoms with Crippen LogP contribution in [0.4, 0.5) is 4.39 Å². The van der Waals surface area contributed by atoms with Gasteiger partial charge in [0.1, 0.15) is 10.0 Å². The van der Waals surface area contributed by atoms with Crippen LogP contribution < -0.4 is 4.80 Å². The van der Waals surface area contributed by atoms with Crippen LogP contribution in [0.5, 0.6) is 0 Å². The second-order valence-electron chi connectivity index (χ2n) is 6.95. The first-order valence-corrected chi connectivity index (χ1v) is 12.8. The molecule has 3 heterocycles. The summed E-state index contributed by atoms with van der Waals surface area (Å²) in [5, 5.41) is 0. The van der Waals surface area contributed by atoms with Crippen molar-refractivity contribution in [2.45, 2.75) is 23.6 Å². The van der Waals surface area contributed by atoms with Crippen molar-refractivity contribution >= 4 is 60.4 Å². The van der Waals surface area contributed by atoms with Gasteiger partial charge in [-0.2, -0.15) is 9.30 Å². The van der Waals surface area contributed by atoms with Gasteiger partial charge in [0.2, 0.25) is 0 Å². The predicted octanol–water partition coefficient (Wildman–Crippen LogP) is 3.72. The molecule has 0 N–H and O–H groups in total. The van der Waals surface area contributed by atoms with Gasteiger partial charge in [-0.05, 0) is 37.1 Å². The van der Waals surface area contributed by atoms with Gasteiger partial charge in [0.25, 0.3) is 15.9 Å². The first-order valence-electron chi connectivity index (χ1n) is 9.36. The van der Waals surface area contributed by atoms with Crippen molar-refractivity contribution in [3.8, 4) is 12.3 Å². The lowest BCUT2D eigenvalue weighted by atomic mass is 9.98. The SMILES string of the molecule is C#CCn1c(=NC(=O)C2CCN(S(=O)(=O)c3ccc(Cl)s3)CC2)sc2cccc(F)c21. The maximum Gasteiger partial charge on any atom is 0.252 e. The zero-order chi connectivity index (χ0) is 22.2. The van der Waals surface area contributed by atoms with Crippen molar-refractivity contribution in [1.82, 2.24) is 8.87 Å². The van der Waals surface area contributed by atoms with Gasteiger partial charge >= 0.3 is 0 Å². The van der Waals surface area contributed by atoms with Gasteiger partial charge < -0.3 is 4.57 Å². The molecule has 0 bridgehead atoms. The molecule has 2 aromatic heterocycles. The van der Waals surface area contributed by atoms with Crippen LogP contribution in [0, 0.1) is 24.1 Å². The Labute approximate surface area is 191 Å². The van der Waals surface area contributed by atoms with E-state index in [1.165, 1.54) is 32.3 Å². The van der Waals surface area contributed by atoms with E-state index >= 15 is 0 Å². The Bertz CT molecular complexity index is 1360. The van der Waals surface area contributed by atoms with E-state index < -0.39 is 21.8 Å². The molecule has 4 rings (SSSR count). The highest BCUT2D eigenvalue weighted by molar-refractivity contribution is 7.91. The fourth-order valence-corrected chi connectivity index (χ4v) is 7.66. The van der Waals surface area contributed by atoms with E-state index in [0.29, 0.717) is 32.2 Å². The molecule has 1 amide bonds. The summed E-state index contributed by atoms with van der Waals surface area (Å²) in [5.74, 6) is 1.28. The number of para-hydroxylation sites is 1. The third-order valence-electron chi connectivity index (χ3n) is 5.05. The number of hydrogen-bond acceptors (Lipinski definition) is 5. The summed E-state index contributed by atoms with van der Waals surface area (Å²) in [6.45, 7) is 0.525. The number of rotatable bonds is 4. The van der Waals surface area contributed by atoms with Crippen LogP contribution in [-0.4, -0.2) is 36.3 Å². The van der Waals surface area contributed by atoms with Gasteiger partial charge in [-0.1, -0.05) is 34.9 Å². The summed E-state index contributed by atoms with van der Waals surface area (Å²) < 4.78 is 43.9. The van der Waals surface area contributed by atoms with Crippen LogP contribution in [-0.2, 0) is 21.4 Å². The van der Waals surface area contributed by atoms with Gasteiger partial charge in [-0.15, -0.1) is 17.8 Å². The van der Waals surface area contributed by atoms with E-state index in [9.17, 15) is 17.6 Å². The standard InChI is InChI=1S/C20H17ClFN3O3S3/c1-2-10-25-18-14(22)4-3-5-15(18)29-20(25)23-19(26)13-8-11-24(12-9-13)31(27,28)17-7-6-16(21)30-17/h1,3-7,13H,8-12H2. The minimum atomic E-state index is -3.63. The predicted molar refractivity (Wildman–Crippen MR) is 120 cm³/mol. The maximum atomic E-state index is 14.3. The number of halogens is 2. The molecule has 0 aliphatic carbocycles. The van der Waals surface area contributed by atoms with Crippen LogP contribution in [0.2, 0.25) is 4.34 Å². The molecule has 1 aromatic carbocycles. The summed E-state index contributed by atoms with van der Waals surface area (Å²) in [5.41, 5.74) is 0.326. The van der Waals surface area contributed by atoms with E-state index in [4.69, 9.17) is 18.0 Å². The van der Waals surface area contributed by atoms with E-state index in [-0.39, 0.29) is 29.8 Å².